The lowest BCUT2D eigenvalue weighted by molar-refractivity contribution is 0.0916. The van der Waals surface area contributed by atoms with Crippen LogP contribution in [0.1, 0.15) is 51.1 Å². The zero-order valence-electron chi connectivity index (χ0n) is 25.2. The van der Waals surface area contributed by atoms with Gasteiger partial charge in [-0.2, -0.15) is 0 Å². The lowest BCUT2D eigenvalue weighted by Gasteiger charge is -2.26. The number of aromatic nitrogens is 2. The van der Waals surface area contributed by atoms with Crippen molar-refractivity contribution in [3.05, 3.63) is 149 Å². The van der Waals surface area contributed by atoms with E-state index in [1.165, 1.54) is 61.3 Å². The lowest BCUT2D eigenvalue weighted by atomic mass is 9.93. The van der Waals surface area contributed by atoms with Crippen molar-refractivity contribution in [2.45, 2.75) is 38.5 Å². The van der Waals surface area contributed by atoms with Crippen LogP contribution in [0.15, 0.2) is 109 Å². The maximum absolute atomic E-state index is 13.5. The van der Waals surface area contributed by atoms with Crippen molar-refractivity contribution < 1.29 is 32.2 Å². The highest BCUT2D eigenvalue weighted by Gasteiger charge is 2.20. The molecule has 0 saturated heterocycles. The summed E-state index contributed by atoms with van der Waals surface area (Å²) in [4.78, 5) is 32.2. The first-order chi connectivity index (χ1) is 22.8. The average Bonchev–Trinajstić information content (AvgIpc) is 3.07. The average molecular weight is 641 g/mol. The summed E-state index contributed by atoms with van der Waals surface area (Å²) in [6.07, 6.45) is 6.11. The van der Waals surface area contributed by atoms with Crippen LogP contribution >= 0.6 is 0 Å². The normalized spacial score (nSPS) is 12.1. The Balaban J connectivity index is 0.000000186. The Bertz CT molecular complexity index is 1780. The highest BCUT2D eigenvalue weighted by Crippen LogP contribution is 2.19. The standard InChI is InChI=1S/C19H14F2N2O2.C17H17FN2O2/c20-15-5-7-17(8-6-15)23-19(24)14-4-9-18(22-11-14)25-12-13-2-1-3-16(21)10-13;18-15-7-2-1-4-13(15)11-22-16-9-8-12(10-19-16)17(21)20-14-5-3-6-14/h1-11H,12H2,(H,23,24);1-2,4,7-10,14H,3,5-6,11H2,(H,20,21). The van der Waals surface area contributed by atoms with E-state index in [9.17, 15) is 22.8 Å². The van der Waals surface area contributed by atoms with Gasteiger partial charge in [-0.05, 0) is 79.4 Å². The smallest absolute Gasteiger partial charge is 0.257 e. The molecular weight excluding hydrogens is 609 g/mol. The van der Waals surface area contributed by atoms with Crippen LogP contribution in [0, 0.1) is 17.5 Å². The first kappa shape index (κ1) is 32.7. The van der Waals surface area contributed by atoms with E-state index in [0.717, 1.165) is 12.8 Å². The topological polar surface area (TPSA) is 102 Å². The van der Waals surface area contributed by atoms with Crippen molar-refractivity contribution >= 4 is 17.5 Å². The lowest BCUT2D eigenvalue weighted by Crippen LogP contribution is -2.39. The van der Waals surface area contributed by atoms with E-state index < -0.39 is 0 Å². The molecule has 0 radical (unpaired) electrons. The van der Waals surface area contributed by atoms with Crippen LogP contribution in [0.5, 0.6) is 11.8 Å². The van der Waals surface area contributed by atoms with Gasteiger partial charge in [0, 0.05) is 41.8 Å². The monoisotopic (exact) mass is 640 g/mol. The van der Waals surface area contributed by atoms with Crippen molar-refractivity contribution in [2.75, 3.05) is 5.32 Å². The van der Waals surface area contributed by atoms with Gasteiger partial charge in [-0.3, -0.25) is 9.59 Å². The van der Waals surface area contributed by atoms with E-state index in [1.54, 1.807) is 54.6 Å². The van der Waals surface area contributed by atoms with Crippen LogP contribution in [-0.4, -0.2) is 27.8 Å². The van der Waals surface area contributed by atoms with E-state index in [0.29, 0.717) is 45.7 Å². The molecule has 0 aliphatic heterocycles. The Morgan fingerprint density at radius 1 is 0.702 bits per heavy atom. The third-order valence-electron chi connectivity index (χ3n) is 7.15. The summed E-state index contributed by atoms with van der Waals surface area (Å²) in [6.45, 7) is 0.277. The number of rotatable bonds is 10. The molecular formula is C36H31F3N4O4. The Morgan fingerprint density at radius 2 is 1.36 bits per heavy atom. The number of carbonyl (C=O) groups excluding carboxylic acids is 2. The van der Waals surface area contributed by atoms with E-state index in [-0.39, 0.29) is 42.5 Å². The molecule has 1 aliphatic rings. The molecule has 47 heavy (non-hydrogen) atoms. The number of pyridine rings is 2. The second-order valence-corrected chi connectivity index (χ2v) is 10.6. The summed E-state index contributed by atoms with van der Waals surface area (Å²) in [5.41, 5.74) is 2.47. The molecule has 2 aromatic heterocycles. The van der Waals surface area contributed by atoms with Crippen LogP contribution in [0.25, 0.3) is 0 Å². The first-order valence-electron chi connectivity index (χ1n) is 14.9. The summed E-state index contributed by atoms with van der Waals surface area (Å²) < 4.78 is 50.3. The predicted octanol–water partition coefficient (Wildman–Crippen LogP) is 7.27. The predicted molar refractivity (Wildman–Crippen MR) is 169 cm³/mol. The van der Waals surface area contributed by atoms with Gasteiger partial charge >= 0.3 is 0 Å². The third kappa shape index (κ3) is 9.89. The number of ether oxygens (including phenoxy) is 2. The molecule has 11 heteroatoms. The fraction of sp³-hybridized carbons (Fsp3) is 0.167. The highest BCUT2D eigenvalue weighted by molar-refractivity contribution is 6.04. The first-order valence-corrected chi connectivity index (χ1v) is 14.9. The molecule has 2 heterocycles. The summed E-state index contributed by atoms with van der Waals surface area (Å²) in [5, 5.41) is 5.59. The minimum atomic E-state index is -0.375. The van der Waals surface area contributed by atoms with Gasteiger partial charge in [-0.25, -0.2) is 23.1 Å². The minimum absolute atomic E-state index is 0.104. The van der Waals surface area contributed by atoms with Crippen molar-refractivity contribution in [3.8, 4) is 11.8 Å². The number of benzene rings is 3. The minimum Gasteiger partial charge on any atom is -0.473 e. The summed E-state index contributed by atoms with van der Waals surface area (Å²) in [7, 11) is 0. The zero-order chi connectivity index (χ0) is 33.0. The molecule has 3 aromatic carbocycles. The molecule has 2 N–H and O–H groups in total. The number of nitrogens with zero attached hydrogens (tertiary/aromatic N) is 2. The van der Waals surface area contributed by atoms with E-state index >= 15 is 0 Å². The van der Waals surface area contributed by atoms with Gasteiger partial charge in [0.15, 0.2) is 0 Å². The zero-order valence-corrected chi connectivity index (χ0v) is 25.2. The molecule has 0 bridgehead atoms. The van der Waals surface area contributed by atoms with Crippen LogP contribution < -0.4 is 20.1 Å². The second kappa shape index (κ2) is 16.0. The van der Waals surface area contributed by atoms with Crippen LogP contribution in [-0.2, 0) is 13.2 Å². The van der Waals surface area contributed by atoms with Crippen molar-refractivity contribution in [2.24, 2.45) is 0 Å². The Labute approximate surface area is 269 Å². The molecule has 6 rings (SSSR count). The second-order valence-electron chi connectivity index (χ2n) is 10.6. The van der Waals surface area contributed by atoms with Crippen molar-refractivity contribution in [1.29, 1.82) is 0 Å². The van der Waals surface area contributed by atoms with Gasteiger partial charge < -0.3 is 20.1 Å². The van der Waals surface area contributed by atoms with Gasteiger partial charge in [-0.15, -0.1) is 0 Å². The SMILES string of the molecule is O=C(NC1CCC1)c1ccc(OCc2ccccc2F)nc1.O=C(Nc1ccc(F)cc1)c1ccc(OCc2cccc(F)c2)nc1. The van der Waals surface area contributed by atoms with Crippen molar-refractivity contribution in [3.63, 3.8) is 0 Å². The van der Waals surface area contributed by atoms with Gasteiger partial charge in [-0.1, -0.05) is 30.3 Å². The molecule has 1 saturated carbocycles. The van der Waals surface area contributed by atoms with Crippen LogP contribution in [0.2, 0.25) is 0 Å². The maximum Gasteiger partial charge on any atom is 0.257 e. The third-order valence-corrected chi connectivity index (χ3v) is 7.15. The Kier molecular flexibility index (Phi) is 11.1. The van der Waals surface area contributed by atoms with Crippen LogP contribution in [0.4, 0.5) is 18.9 Å². The molecule has 2 amide bonds. The summed E-state index contributed by atoms with van der Waals surface area (Å²) in [5.74, 6) is -0.806. The van der Waals surface area contributed by atoms with Gasteiger partial charge in [0.05, 0.1) is 11.1 Å². The molecule has 0 unspecified atom stereocenters. The Hall–Kier alpha value is -5.71. The quantitative estimate of drug-likeness (QED) is 0.167. The molecule has 8 nitrogen and oxygen atoms in total. The fourth-order valence-corrected chi connectivity index (χ4v) is 4.31. The largest absolute Gasteiger partial charge is 0.473 e. The molecule has 0 spiro atoms. The molecule has 240 valence electrons. The maximum atomic E-state index is 13.5. The fourth-order valence-electron chi connectivity index (χ4n) is 4.31. The number of carbonyl (C=O) groups is 2. The molecule has 5 aromatic rings. The number of nitrogens with one attached hydrogen (secondary N) is 2. The Morgan fingerprint density at radius 3 is 1.96 bits per heavy atom. The van der Waals surface area contributed by atoms with Gasteiger partial charge in [0.25, 0.3) is 11.8 Å². The number of hydrogen-bond acceptors (Lipinski definition) is 6. The van der Waals surface area contributed by atoms with E-state index in [2.05, 4.69) is 20.6 Å². The molecule has 1 aliphatic carbocycles. The summed E-state index contributed by atoms with van der Waals surface area (Å²) >= 11 is 0. The highest BCUT2D eigenvalue weighted by atomic mass is 19.1. The number of halogens is 3. The van der Waals surface area contributed by atoms with Crippen molar-refractivity contribution in [1.82, 2.24) is 15.3 Å². The molecule has 1 fully saturated rings. The van der Waals surface area contributed by atoms with Crippen LogP contribution in [0.3, 0.4) is 0 Å². The number of hydrogen-bond donors (Lipinski definition) is 2. The van der Waals surface area contributed by atoms with E-state index in [1.807, 2.05) is 0 Å². The molecule has 0 atom stereocenters. The number of anilines is 1. The van der Waals surface area contributed by atoms with Gasteiger partial charge in [0.1, 0.15) is 30.7 Å². The summed E-state index contributed by atoms with van der Waals surface area (Å²) in [6, 6.07) is 24.7. The van der Waals surface area contributed by atoms with E-state index in [4.69, 9.17) is 9.47 Å². The number of amides is 2. The van der Waals surface area contributed by atoms with Gasteiger partial charge in [0.2, 0.25) is 11.8 Å².